The summed E-state index contributed by atoms with van der Waals surface area (Å²) in [6.45, 7) is 4.55. The van der Waals surface area contributed by atoms with Crippen LogP contribution >= 0.6 is 0 Å². The highest BCUT2D eigenvalue weighted by molar-refractivity contribution is 5.42. The zero-order chi connectivity index (χ0) is 12.3. The first-order valence-electron chi connectivity index (χ1n) is 6.55. The molecule has 0 aromatic carbocycles. The van der Waals surface area contributed by atoms with Gasteiger partial charge in [0.1, 0.15) is 0 Å². The number of anilines is 1. The molecule has 0 spiro atoms. The molecular weight excluding hydrogens is 215 g/mol. The van der Waals surface area contributed by atoms with E-state index in [0.717, 1.165) is 5.69 Å². The standard InChI is InChI=1S/C14H21FN2/c1-10(2)12-5-3-4-6-13(12)17-11-7-8-16-14(15)9-11/h7-10,12-13H,3-6H2,1-2H3,(H,16,17). The van der Waals surface area contributed by atoms with Crippen LogP contribution in [-0.4, -0.2) is 11.0 Å². The first kappa shape index (κ1) is 12.3. The maximum absolute atomic E-state index is 13.0. The Morgan fingerprint density at radius 1 is 1.35 bits per heavy atom. The van der Waals surface area contributed by atoms with Crippen molar-refractivity contribution in [2.75, 3.05) is 5.32 Å². The molecule has 0 radical (unpaired) electrons. The van der Waals surface area contributed by atoms with Crippen LogP contribution in [0.2, 0.25) is 0 Å². The molecular formula is C14H21FN2. The molecule has 1 aromatic heterocycles. The summed E-state index contributed by atoms with van der Waals surface area (Å²) in [6, 6.07) is 3.80. The van der Waals surface area contributed by atoms with E-state index in [1.807, 2.05) is 6.07 Å². The SMILES string of the molecule is CC(C)C1CCCCC1Nc1ccnc(F)c1. The second-order valence-corrected chi connectivity index (χ2v) is 5.31. The van der Waals surface area contributed by atoms with Crippen LogP contribution in [0.5, 0.6) is 0 Å². The zero-order valence-corrected chi connectivity index (χ0v) is 10.6. The maximum atomic E-state index is 13.0. The Kier molecular flexibility index (Phi) is 3.97. The fraction of sp³-hybridized carbons (Fsp3) is 0.643. The number of rotatable bonds is 3. The molecule has 2 atom stereocenters. The third kappa shape index (κ3) is 3.18. The minimum Gasteiger partial charge on any atom is -0.382 e. The van der Waals surface area contributed by atoms with Gasteiger partial charge in [-0.05, 0) is 30.7 Å². The number of nitrogens with one attached hydrogen (secondary N) is 1. The highest BCUT2D eigenvalue weighted by Gasteiger charge is 2.27. The molecule has 0 amide bonds. The molecule has 0 aliphatic heterocycles. The Labute approximate surface area is 103 Å². The monoisotopic (exact) mass is 236 g/mol. The second-order valence-electron chi connectivity index (χ2n) is 5.31. The van der Waals surface area contributed by atoms with E-state index >= 15 is 0 Å². The van der Waals surface area contributed by atoms with E-state index in [2.05, 4.69) is 24.1 Å². The smallest absolute Gasteiger partial charge is 0.214 e. The molecule has 2 rings (SSSR count). The average molecular weight is 236 g/mol. The van der Waals surface area contributed by atoms with Crippen LogP contribution in [0.3, 0.4) is 0 Å². The van der Waals surface area contributed by atoms with Gasteiger partial charge in [0.15, 0.2) is 0 Å². The maximum Gasteiger partial charge on any atom is 0.214 e. The Hall–Kier alpha value is -1.12. The lowest BCUT2D eigenvalue weighted by atomic mass is 9.78. The van der Waals surface area contributed by atoms with E-state index in [1.54, 1.807) is 0 Å². The van der Waals surface area contributed by atoms with Crippen molar-refractivity contribution in [1.29, 1.82) is 0 Å². The summed E-state index contributed by atoms with van der Waals surface area (Å²) < 4.78 is 13.0. The van der Waals surface area contributed by atoms with Gasteiger partial charge >= 0.3 is 0 Å². The molecule has 94 valence electrons. The summed E-state index contributed by atoms with van der Waals surface area (Å²) in [5, 5.41) is 3.47. The number of aromatic nitrogens is 1. The molecule has 17 heavy (non-hydrogen) atoms. The average Bonchev–Trinajstić information content (AvgIpc) is 2.29. The van der Waals surface area contributed by atoms with Gasteiger partial charge in [-0.1, -0.05) is 26.7 Å². The molecule has 1 fully saturated rings. The van der Waals surface area contributed by atoms with Gasteiger partial charge in [-0.15, -0.1) is 0 Å². The number of hydrogen-bond acceptors (Lipinski definition) is 2. The third-order valence-corrected chi connectivity index (χ3v) is 3.75. The topological polar surface area (TPSA) is 24.9 Å². The van der Waals surface area contributed by atoms with E-state index < -0.39 is 5.95 Å². The minimum absolute atomic E-state index is 0.410. The van der Waals surface area contributed by atoms with Crippen molar-refractivity contribution in [3.05, 3.63) is 24.3 Å². The summed E-state index contributed by atoms with van der Waals surface area (Å²) in [6.07, 6.45) is 6.58. The van der Waals surface area contributed by atoms with Gasteiger partial charge in [0, 0.05) is 24.0 Å². The first-order valence-corrected chi connectivity index (χ1v) is 6.55. The Morgan fingerprint density at radius 3 is 2.82 bits per heavy atom. The lowest BCUT2D eigenvalue weighted by Crippen LogP contribution is -2.35. The molecule has 0 bridgehead atoms. The molecule has 3 heteroatoms. The van der Waals surface area contributed by atoms with Gasteiger partial charge in [0.05, 0.1) is 0 Å². The normalized spacial score (nSPS) is 24.9. The Bertz CT molecular complexity index is 365. The Morgan fingerprint density at radius 2 is 2.12 bits per heavy atom. The van der Waals surface area contributed by atoms with Crippen LogP contribution in [0.4, 0.5) is 10.1 Å². The number of nitrogens with zero attached hydrogens (tertiary/aromatic N) is 1. The second kappa shape index (κ2) is 5.48. The van der Waals surface area contributed by atoms with E-state index in [9.17, 15) is 4.39 Å². The minimum atomic E-state index is -0.410. The highest BCUT2D eigenvalue weighted by atomic mass is 19.1. The molecule has 2 nitrogen and oxygen atoms in total. The van der Waals surface area contributed by atoms with Crippen LogP contribution in [0, 0.1) is 17.8 Å². The van der Waals surface area contributed by atoms with Crippen molar-refractivity contribution < 1.29 is 4.39 Å². The molecule has 1 saturated carbocycles. The van der Waals surface area contributed by atoms with Crippen LogP contribution in [0.1, 0.15) is 39.5 Å². The molecule has 1 aliphatic carbocycles. The number of pyridine rings is 1. The van der Waals surface area contributed by atoms with E-state index in [4.69, 9.17) is 0 Å². The quantitative estimate of drug-likeness (QED) is 0.806. The van der Waals surface area contributed by atoms with Crippen molar-refractivity contribution in [3.63, 3.8) is 0 Å². The predicted octanol–water partition coefficient (Wildman–Crippen LogP) is 3.85. The number of halogens is 1. The summed E-state index contributed by atoms with van der Waals surface area (Å²) in [7, 11) is 0. The summed E-state index contributed by atoms with van der Waals surface area (Å²) >= 11 is 0. The molecule has 1 heterocycles. The third-order valence-electron chi connectivity index (χ3n) is 3.75. The first-order chi connectivity index (χ1) is 8.16. The van der Waals surface area contributed by atoms with Crippen LogP contribution in [-0.2, 0) is 0 Å². The molecule has 2 unspecified atom stereocenters. The van der Waals surface area contributed by atoms with Gasteiger partial charge in [0.2, 0.25) is 5.95 Å². The van der Waals surface area contributed by atoms with Crippen molar-refractivity contribution >= 4 is 5.69 Å². The van der Waals surface area contributed by atoms with Crippen LogP contribution < -0.4 is 5.32 Å². The molecule has 1 N–H and O–H groups in total. The lowest BCUT2D eigenvalue weighted by Gasteiger charge is -2.35. The summed E-state index contributed by atoms with van der Waals surface area (Å²) in [5.74, 6) is 0.964. The van der Waals surface area contributed by atoms with Crippen molar-refractivity contribution in [2.24, 2.45) is 11.8 Å². The Balaban J connectivity index is 2.05. The lowest BCUT2D eigenvalue weighted by molar-refractivity contribution is 0.254. The molecule has 1 aromatic rings. The van der Waals surface area contributed by atoms with Gasteiger partial charge < -0.3 is 5.32 Å². The molecule has 1 aliphatic rings. The van der Waals surface area contributed by atoms with E-state index in [-0.39, 0.29) is 0 Å². The zero-order valence-electron chi connectivity index (χ0n) is 10.6. The van der Waals surface area contributed by atoms with E-state index in [0.29, 0.717) is 17.9 Å². The summed E-state index contributed by atoms with van der Waals surface area (Å²) in [5.41, 5.74) is 0.857. The molecule has 0 saturated heterocycles. The predicted molar refractivity (Wildman–Crippen MR) is 68.4 cm³/mol. The van der Waals surface area contributed by atoms with Crippen molar-refractivity contribution in [3.8, 4) is 0 Å². The van der Waals surface area contributed by atoms with Crippen molar-refractivity contribution in [2.45, 2.75) is 45.6 Å². The van der Waals surface area contributed by atoms with Crippen LogP contribution in [0.25, 0.3) is 0 Å². The van der Waals surface area contributed by atoms with E-state index in [1.165, 1.54) is 37.9 Å². The van der Waals surface area contributed by atoms with Gasteiger partial charge in [-0.3, -0.25) is 0 Å². The van der Waals surface area contributed by atoms with Crippen LogP contribution in [0.15, 0.2) is 18.3 Å². The fourth-order valence-electron chi connectivity index (χ4n) is 2.84. The largest absolute Gasteiger partial charge is 0.382 e. The number of hydrogen-bond donors (Lipinski definition) is 1. The van der Waals surface area contributed by atoms with Gasteiger partial charge in [-0.25, -0.2) is 4.98 Å². The van der Waals surface area contributed by atoms with Gasteiger partial charge in [-0.2, -0.15) is 4.39 Å². The summed E-state index contributed by atoms with van der Waals surface area (Å²) in [4.78, 5) is 3.58. The van der Waals surface area contributed by atoms with Gasteiger partial charge in [0.25, 0.3) is 0 Å². The van der Waals surface area contributed by atoms with Crippen molar-refractivity contribution in [1.82, 2.24) is 4.98 Å². The fourth-order valence-corrected chi connectivity index (χ4v) is 2.84. The highest BCUT2D eigenvalue weighted by Crippen LogP contribution is 2.32.